The Labute approximate surface area is 217 Å². The number of rotatable bonds is 8. The van der Waals surface area contributed by atoms with E-state index in [1.165, 1.54) is 10.8 Å². The molecule has 5 rings (SSSR count). The third kappa shape index (κ3) is 5.04. The normalized spacial score (nSPS) is 11.2. The molecule has 0 bridgehead atoms. The van der Waals surface area contributed by atoms with Crippen molar-refractivity contribution in [1.29, 1.82) is 0 Å². The van der Waals surface area contributed by atoms with Gasteiger partial charge in [-0.1, -0.05) is 0 Å². The molecular weight excluding hydrogens is 521 g/mol. The van der Waals surface area contributed by atoms with Gasteiger partial charge in [0.25, 0.3) is 0 Å². The van der Waals surface area contributed by atoms with E-state index in [1.807, 2.05) is 84.9 Å². The van der Waals surface area contributed by atoms with Crippen molar-refractivity contribution in [3.05, 3.63) is 159 Å². The predicted octanol–water partition coefficient (Wildman–Crippen LogP) is 2.94. The van der Waals surface area contributed by atoms with Crippen LogP contribution in [-0.4, -0.2) is 28.6 Å². The number of hydrogen-bond donors (Lipinski definition) is 1. The summed E-state index contributed by atoms with van der Waals surface area (Å²) < 4.78 is 4.78. The number of carbonyl (C=O) groups excluding carboxylic acids is 1. The quantitative estimate of drug-likeness (QED) is 0.240. The van der Waals surface area contributed by atoms with E-state index in [1.54, 1.807) is 0 Å². The first kappa shape index (κ1) is 24.5. The molecule has 37 heavy (non-hydrogen) atoms. The fraction of sp³-hybridized carbons (Fsp3) is 0.0645. The SMILES string of the molecule is O=C([CH2][Ge]([c]1ccccc1)([c]1ccccc1)[c]1ccccc1)c1cn(Cc2ccccc2)c(=O)[nH]c1=O. The summed E-state index contributed by atoms with van der Waals surface area (Å²) >= 11 is -3.60. The van der Waals surface area contributed by atoms with Crippen molar-refractivity contribution in [3.8, 4) is 0 Å². The second-order valence-electron chi connectivity index (χ2n) is 9.02. The summed E-state index contributed by atoms with van der Waals surface area (Å²) in [6.07, 6.45) is 1.42. The van der Waals surface area contributed by atoms with Gasteiger partial charge in [-0.05, 0) is 0 Å². The van der Waals surface area contributed by atoms with E-state index in [4.69, 9.17) is 0 Å². The van der Waals surface area contributed by atoms with Crippen molar-refractivity contribution >= 4 is 32.2 Å². The molecule has 0 fully saturated rings. The molecule has 0 saturated carbocycles. The number of carbonyl (C=O) groups is 1. The molecule has 0 spiro atoms. The van der Waals surface area contributed by atoms with E-state index in [-0.39, 0.29) is 23.1 Å². The zero-order valence-electron chi connectivity index (χ0n) is 20.2. The van der Waals surface area contributed by atoms with Crippen molar-refractivity contribution in [2.45, 2.75) is 11.8 Å². The summed E-state index contributed by atoms with van der Waals surface area (Å²) in [5, 5.41) is 0.199. The van der Waals surface area contributed by atoms with E-state index in [0.29, 0.717) is 0 Å². The summed E-state index contributed by atoms with van der Waals surface area (Å²) in [5.41, 5.74) is -0.273. The Morgan fingerprint density at radius 3 is 1.54 bits per heavy atom. The topological polar surface area (TPSA) is 71.9 Å². The number of ketones is 1. The van der Waals surface area contributed by atoms with Gasteiger partial charge in [-0.3, -0.25) is 0 Å². The van der Waals surface area contributed by atoms with Crippen molar-refractivity contribution in [2.75, 3.05) is 0 Å². The molecule has 5 nitrogen and oxygen atoms in total. The van der Waals surface area contributed by atoms with Gasteiger partial charge in [-0.15, -0.1) is 0 Å². The number of benzene rings is 4. The predicted molar refractivity (Wildman–Crippen MR) is 150 cm³/mol. The zero-order chi connectivity index (χ0) is 25.7. The van der Waals surface area contributed by atoms with Crippen LogP contribution in [0.4, 0.5) is 0 Å². The van der Waals surface area contributed by atoms with Gasteiger partial charge in [0.1, 0.15) is 0 Å². The minimum absolute atomic E-state index is 0.00771. The summed E-state index contributed by atoms with van der Waals surface area (Å²) in [5.74, 6) is -0.264. The summed E-state index contributed by atoms with van der Waals surface area (Å²) in [4.78, 5) is 41.9. The Morgan fingerprint density at radius 2 is 1.08 bits per heavy atom. The van der Waals surface area contributed by atoms with Crippen LogP contribution >= 0.6 is 0 Å². The van der Waals surface area contributed by atoms with Crippen LogP contribution in [0.2, 0.25) is 5.25 Å². The Balaban J connectivity index is 1.65. The molecule has 0 aliphatic rings. The van der Waals surface area contributed by atoms with Crippen LogP contribution in [0.15, 0.2) is 137 Å². The third-order valence-corrected chi connectivity index (χ3v) is 16.8. The monoisotopic (exact) mass is 548 g/mol. The van der Waals surface area contributed by atoms with Gasteiger partial charge >= 0.3 is 218 Å². The molecule has 0 saturated heterocycles. The fourth-order valence-corrected chi connectivity index (χ4v) is 14.5. The molecule has 1 aromatic heterocycles. The average molecular weight is 547 g/mol. The van der Waals surface area contributed by atoms with Gasteiger partial charge in [0.15, 0.2) is 0 Å². The summed E-state index contributed by atoms with van der Waals surface area (Å²) in [6, 6.07) is 39.9. The Bertz CT molecular complexity index is 1520. The van der Waals surface area contributed by atoms with E-state index < -0.39 is 24.5 Å². The fourth-order valence-electron chi connectivity index (χ4n) is 4.92. The molecule has 0 amide bonds. The van der Waals surface area contributed by atoms with Crippen LogP contribution in [0.3, 0.4) is 0 Å². The first-order chi connectivity index (χ1) is 18.1. The van der Waals surface area contributed by atoms with Crippen LogP contribution in [0, 0.1) is 0 Å². The summed E-state index contributed by atoms with van der Waals surface area (Å²) in [7, 11) is 0. The molecule has 0 atom stereocenters. The maximum absolute atomic E-state index is 14.0. The second-order valence-corrected chi connectivity index (χ2v) is 17.2. The Kier molecular flexibility index (Phi) is 7.14. The van der Waals surface area contributed by atoms with Crippen molar-refractivity contribution in [3.63, 3.8) is 0 Å². The molecule has 1 heterocycles. The molecular formula is C31H26GeN2O3. The maximum atomic E-state index is 14.0. The molecule has 0 unspecified atom stereocenters. The first-order valence-corrected chi connectivity index (χ1v) is 16.8. The minimum atomic E-state index is -3.60. The number of nitrogens with one attached hydrogen (secondary N) is 1. The van der Waals surface area contributed by atoms with Crippen molar-refractivity contribution in [1.82, 2.24) is 9.55 Å². The molecule has 0 radical (unpaired) electrons. The van der Waals surface area contributed by atoms with E-state index >= 15 is 0 Å². The standard InChI is InChI=1S/C31H26GeN2O3/c35-29(28-23-34(31(37)33-30(28)36)22-24-13-5-1-6-14-24)21-32(25-15-7-2-8-16-25,26-17-9-3-10-18-26)27-19-11-4-12-20-27/h1-20,23H,21-22H2,(H,33,36,37). The van der Waals surface area contributed by atoms with Crippen LogP contribution in [0.5, 0.6) is 0 Å². The van der Waals surface area contributed by atoms with Crippen molar-refractivity contribution in [2.24, 2.45) is 0 Å². The van der Waals surface area contributed by atoms with Crippen LogP contribution in [0.25, 0.3) is 0 Å². The van der Waals surface area contributed by atoms with Crippen LogP contribution < -0.4 is 24.4 Å². The van der Waals surface area contributed by atoms with Gasteiger partial charge in [-0.2, -0.15) is 0 Å². The Hall–Kier alpha value is -4.23. The number of hydrogen-bond acceptors (Lipinski definition) is 3. The van der Waals surface area contributed by atoms with Gasteiger partial charge in [0, 0.05) is 0 Å². The van der Waals surface area contributed by atoms with Gasteiger partial charge < -0.3 is 0 Å². The molecule has 182 valence electrons. The molecule has 6 heteroatoms. The van der Waals surface area contributed by atoms with E-state index in [2.05, 4.69) is 41.4 Å². The number of nitrogens with zero attached hydrogens (tertiary/aromatic N) is 1. The number of aromatic nitrogens is 2. The van der Waals surface area contributed by atoms with Crippen molar-refractivity contribution < 1.29 is 4.79 Å². The Morgan fingerprint density at radius 1 is 0.649 bits per heavy atom. The van der Waals surface area contributed by atoms with Crippen LogP contribution in [-0.2, 0) is 6.54 Å². The van der Waals surface area contributed by atoms with Gasteiger partial charge in [0.2, 0.25) is 0 Å². The average Bonchev–Trinajstić information content (AvgIpc) is 2.95. The number of H-pyrrole nitrogens is 1. The molecule has 0 aliphatic heterocycles. The molecule has 1 N–H and O–H groups in total. The first-order valence-electron chi connectivity index (χ1n) is 12.2. The summed E-state index contributed by atoms with van der Waals surface area (Å²) in [6.45, 7) is 0.263. The number of Topliss-reactive ketones (excluding diaryl/α,β-unsaturated/α-hetero) is 1. The molecule has 5 aromatic rings. The third-order valence-electron chi connectivity index (χ3n) is 6.73. The zero-order valence-corrected chi connectivity index (χ0v) is 22.3. The van der Waals surface area contributed by atoms with E-state index in [9.17, 15) is 14.4 Å². The van der Waals surface area contributed by atoms with Gasteiger partial charge in [-0.25, -0.2) is 0 Å². The second kappa shape index (κ2) is 10.8. The molecule has 4 aromatic carbocycles. The molecule has 0 aliphatic carbocycles. The van der Waals surface area contributed by atoms with Crippen LogP contribution in [0.1, 0.15) is 15.9 Å². The van der Waals surface area contributed by atoms with E-state index in [0.717, 1.165) is 18.8 Å². The van der Waals surface area contributed by atoms with Gasteiger partial charge in [0.05, 0.1) is 0 Å². The number of aromatic amines is 1.